The molecule has 5 heteroatoms. The Kier molecular flexibility index (Phi) is 1.11. The molecule has 0 fully saturated rings. The maximum atomic E-state index is 10.4. The molecule has 0 bridgehead atoms. The van der Waals surface area contributed by atoms with E-state index in [4.69, 9.17) is 5.73 Å². The van der Waals surface area contributed by atoms with Crippen molar-refractivity contribution in [1.82, 2.24) is 10.2 Å². The smallest absolute Gasteiger partial charge is 0.300 e. The van der Waals surface area contributed by atoms with E-state index in [9.17, 15) is 9.90 Å². The topological polar surface area (TPSA) is 91.7 Å². The molecule has 1 aromatic rings. The largest absolute Gasteiger partial charge is 0.365 e. The summed E-state index contributed by atoms with van der Waals surface area (Å²) in [5.74, 6) is -1.36. The third kappa shape index (κ3) is 0.835. The minimum Gasteiger partial charge on any atom is -0.365 e. The molecule has 3 N–H and O–H groups in total. The molecule has 0 aliphatic heterocycles. The van der Waals surface area contributed by atoms with E-state index in [1.807, 2.05) is 0 Å². The Morgan fingerprint density at radius 2 is 2.44 bits per heavy atom. The summed E-state index contributed by atoms with van der Waals surface area (Å²) in [5, 5.41) is 15.8. The monoisotopic (exact) mass is 126 g/mol. The van der Waals surface area contributed by atoms with Crippen LogP contribution < -0.4 is 5.73 Å². The summed E-state index contributed by atoms with van der Waals surface area (Å²) in [5.41, 5.74) is 4.66. The number of hydrogen-bond donors (Lipinski definition) is 2. The molecule has 0 atom stereocenters. The number of aromatic nitrogens is 2. The predicted octanol–water partition coefficient (Wildman–Crippen LogP) is -0.348. The van der Waals surface area contributed by atoms with Crippen LogP contribution in [-0.2, 0) is 5.11 Å². The Balaban J connectivity index is 3.08. The highest BCUT2D eigenvalue weighted by Crippen LogP contribution is 2.09. The molecule has 0 saturated carbocycles. The maximum absolute atomic E-state index is 10.4. The standard InChI is InChI=1S/C4H4N3O2/c5-3(8)2-1-6-7-4(2)9/h1H,(H2,5,8)(H,6,7). The van der Waals surface area contributed by atoms with Gasteiger partial charge in [-0.2, -0.15) is 0 Å². The molecule has 0 unspecified atom stereocenters. The fraction of sp³-hybridized carbons (Fsp3) is 0. The highest BCUT2D eigenvalue weighted by Gasteiger charge is 2.09. The molecule has 1 aromatic heterocycles. The number of carbonyl (C=O) groups excluding carboxylic acids is 1. The van der Waals surface area contributed by atoms with Crippen LogP contribution in [0.2, 0.25) is 0 Å². The number of nitrogens with zero attached hydrogens (tertiary/aromatic N) is 1. The normalized spacial score (nSPS) is 9.33. The van der Waals surface area contributed by atoms with Gasteiger partial charge >= 0.3 is 5.88 Å². The summed E-state index contributed by atoms with van der Waals surface area (Å²) in [7, 11) is 0. The van der Waals surface area contributed by atoms with E-state index in [1.54, 1.807) is 0 Å². The van der Waals surface area contributed by atoms with Gasteiger partial charge in [0.1, 0.15) is 5.56 Å². The van der Waals surface area contributed by atoms with Gasteiger partial charge in [0.15, 0.2) is 0 Å². The van der Waals surface area contributed by atoms with Crippen molar-refractivity contribution >= 4 is 5.91 Å². The maximum Gasteiger partial charge on any atom is 0.300 e. The number of H-pyrrole nitrogens is 1. The van der Waals surface area contributed by atoms with E-state index >= 15 is 0 Å². The number of primary amides is 1. The zero-order valence-corrected chi connectivity index (χ0v) is 4.42. The summed E-state index contributed by atoms with van der Waals surface area (Å²) in [4.78, 5) is 10.2. The zero-order valence-electron chi connectivity index (χ0n) is 4.42. The van der Waals surface area contributed by atoms with E-state index in [-0.39, 0.29) is 5.56 Å². The minimum atomic E-state index is -0.756. The molecule has 1 rings (SSSR count). The van der Waals surface area contributed by atoms with Crippen LogP contribution >= 0.6 is 0 Å². The summed E-state index contributed by atoms with van der Waals surface area (Å²) >= 11 is 0. The van der Waals surface area contributed by atoms with Gasteiger partial charge in [-0.25, -0.2) is 0 Å². The van der Waals surface area contributed by atoms with E-state index in [0.29, 0.717) is 0 Å². The lowest BCUT2D eigenvalue weighted by atomic mass is 10.3. The SMILES string of the molecule is NC(=O)c1c[nH]nc1[O]. The molecule has 0 aromatic carbocycles. The third-order valence-corrected chi connectivity index (χ3v) is 0.871. The Morgan fingerprint density at radius 1 is 1.78 bits per heavy atom. The first kappa shape index (κ1) is 5.61. The van der Waals surface area contributed by atoms with Crippen LogP contribution in [0.15, 0.2) is 6.20 Å². The Hall–Kier alpha value is -1.52. The number of carbonyl (C=O) groups is 1. The van der Waals surface area contributed by atoms with E-state index in [2.05, 4.69) is 10.2 Å². The summed E-state index contributed by atoms with van der Waals surface area (Å²) in [6.07, 6.45) is 1.17. The van der Waals surface area contributed by atoms with Gasteiger partial charge in [0.2, 0.25) is 0 Å². The lowest BCUT2D eigenvalue weighted by Crippen LogP contribution is -2.09. The van der Waals surface area contributed by atoms with Gasteiger partial charge in [-0.1, -0.05) is 0 Å². The number of nitrogens with one attached hydrogen (secondary N) is 1. The van der Waals surface area contributed by atoms with Crippen molar-refractivity contribution in [3.05, 3.63) is 11.8 Å². The van der Waals surface area contributed by atoms with Gasteiger partial charge in [0.05, 0.1) is 0 Å². The first-order chi connectivity index (χ1) is 4.22. The van der Waals surface area contributed by atoms with E-state index in [0.717, 1.165) is 0 Å². The lowest BCUT2D eigenvalue weighted by Gasteiger charge is -1.81. The number of nitrogens with two attached hydrogens (primary N) is 1. The Bertz CT molecular complexity index is 229. The third-order valence-electron chi connectivity index (χ3n) is 0.871. The number of hydrogen-bond acceptors (Lipinski definition) is 2. The molecule has 1 heterocycles. The van der Waals surface area contributed by atoms with Gasteiger partial charge in [0.25, 0.3) is 5.91 Å². The van der Waals surface area contributed by atoms with Crippen molar-refractivity contribution in [1.29, 1.82) is 0 Å². The van der Waals surface area contributed by atoms with Gasteiger partial charge < -0.3 is 5.73 Å². The number of amides is 1. The van der Waals surface area contributed by atoms with Crippen molar-refractivity contribution in [3.63, 3.8) is 0 Å². The summed E-state index contributed by atoms with van der Waals surface area (Å²) in [6.45, 7) is 0. The van der Waals surface area contributed by atoms with Crippen molar-refractivity contribution in [2.45, 2.75) is 0 Å². The van der Waals surface area contributed by atoms with Gasteiger partial charge in [0, 0.05) is 6.20 Å². The highest BCUT2D eigenvalue weighted by molar-refractivity contribution is 5.94. The van der Waals surface area contributed by atoms with Crippen LogP contribution in [0, 0.1) is 0 Å². The van der Waals surface area contributed by atoms with Crippen LogP contribution in [0.3, 0.4) is 0 Å². The zero-order chi connectivity index (χ0) is 6.85. The number of aromatic amines is 1. The fourth-order valence-electron chi connectivity index (χ4n) is 0.454. The molecule has 47 valence electrons. The van der Waals surface area contributed by atoms with E-state index in [1.165, 1.54) is 6.20 Å². The van der Waals surface area contributed by atoms with E-state index < -0.39 is 11.8 Å². The Morgan fingerprint density at radius 3 is 2.67 bits per heavy atom. The van der Waals surface area contributed by atoms with Gasteiger partial charge in [-0.15, -0.1) is 5.10 Å². The molecule has 5 nitrogen and oxygen atoms in total. The molecule has 9 heavy (non-hydrogen) atoms. The molecule has 1 radical (unpaired) electrons. The molecule has 0 aliphatic carbocycles. The van der Waals surface area contributed by atoms with Crippen molar-refractivity contribution in [2.24, 2.45) is 5.73 Å². The molecule has 1 amide bonds. The summed E-state index contributed by atoms with van der Waals surface area (Å²) < 4.78 is 0. The van der Waals surface area contributed by atoms with Crippen molar-refractivity contribution in [3.8, 4) is 5.88 Å². The Labute approximate surface area is 50.5 Å². The first-order valence-electron chi connectivity index (χ1n) is 2.22. The molecule has 0 saturated heterocycles. The molecular formula is C4H4N3O2. The second-order valence-corrected chi connectivity index (χ2v) is 1.47. The lowest BCUT2D eigenvalue weighted by molar-refractivity contribution is 0.0996. The summed E-state index contributed by atoms with van der Waals surface area (Å²) in [6, 6.07) is 0. The van der Waals surface area contributed by atoms with Gasteiger partial charge in [-0.3, -0.25) is 15.0 Å². The predicted molar refractivity (Wildman–Crippen MR) is 27.2 cm³/mol. The second-order valence-electron chi connectivity index (χ2n) is 1.47. The van der Waals surface area contributed by atoms with Crippen LogP contribution in [-0.4, -0.2) is 16.1 Å². The van der Waals surface area contributed by atoms with Crippen LogP contribution in [0.1, 0.15) is 10.4 Å². The minimum absolute atomic E-state index is 0.102. The first-order valence-corrected chi connectivity index (χ1v) is 2.22. The number of rotatable bonds is 1. The molecule has 0 aliphatic rings. The highest BCUT2D eigenvalue weighted by atomic mass is 16.3. The van der Waals surface area contributed by atoms with Crippen LogP contribution in [0.5, 0.6) is 5.88 Å². The van der Waals surface area contributed by atoms with Crippen molar-refractivity contribution < 1.29 is 9.90 Å². The van der Waals surface area contributed by atoms with Crippen LogP contribution in [0.4, 0.5) is 0 Å². The second kappa shape index (κ2) is 1.77. The van der Waals surface area contributed by atoms with Crippen LogP contribution in [0.25, 0.3) is 0 Å². The average molecular weight is 126 g/mol. The van der Waals surface area contributed by atoms with Gasteiger partial charge in [-0.05, 0) is 0 Å². The molecular weight excluding hydrogens is 122 g/mol. The molecule has 0 spiro atoms. The average Bonchev–Trinajstić information content (AvgIpc) is 2.13. The quantitative estimate of drug-likeness (QED) is 0.538. The fourth-order valence-corrected chi connectivity index (χ4v) is 0.454. The van der Waals surface area contributed by atoms with Crippen molar-refractivity contribution in [2.75, 3.05) is 0 Å².